The Morgan fingerprint density at radius 1 is 1.05 bits per heavy atom. The number of ether oxygens (including phenoxy) is 2. The molecule has 1 rings (SSSR count). The van der Waals surface area contributed by atoms with Crippen molar-refractivity contribution in [1.82, 2.24) is 0 Å². The molecule has 0 heterocycles. The van der Waals surface area contributed by atoms with Gasteiger partial charge in [-0.3, -0.25) is 4.79 Å². The minimum absolute atomic E-state index is 0.178. The van der Waals surface area contributed by atoms with Crippen LogP contribution in [0.2, 0.25) is 0 Å². The van der Waals surface area contributed by atoms with E-state index in [9.17, 15) is 4.79 Å². The molecular formula is C17H26O3. The molecule has 3 heteroatoms. The summed E-state index contributed by atoms with van der Waals surface area (Å²) in [4.78, 5) is 11.8. The van der Waals surface area contributed by atoms with Crippen molar-refractivity contribution in [2.45, 2.75) is 58.8 Å². The molecule has 0 N–H and O–H groups in total. The standard InChI is InChI=1S/C17H26O3/c1-4-6-7-8-10-17(18)20-15-12-11-14(9-5-2)13-16(15)19-3/h11-13H,4-10H2,1-3H3. The summed E-state index contributed by atoms with van der Waals surface area (Å²) in [5.74, 6) is 0.980. The lowest BCUT2D eigenvalue weighted by molar-refractivity contribution is -0.134. The van der Waals surface area contributed by atoms with Gasteiger partial charge in [0.15, 0.2) is 11.5 Å². The third kappa shape index (κ3) is 5.64. The summed E-state index contributed by atoms with van der Waals surface area (Å²) in [6.07, 6.45) is 6.87. The van der Waals surface area contributed by atoms with Gasteiger partial charge < -0.3 is 9.47 Å². The van der Waals surface area contributed by atoms with Crippen LogP contribution < -0.4 is 9.47 Å². The Bertz CT molecular complexity index is 413. The third-order valence-corrected chi connectivity index (χ3v) is 3.22. The Kier molecular flexibility index (Phi) is 7.78. The number of carbonyl (C=O) groups is 1. The lowest BCUT2D eigenvalue weighted by Crippen LogP contribution is -2.08. The summed E-state index contributed by atoms with van der Waals surface area (Å²) in [5, 5.41) is 0. The molecule has 0 unspecified atom stereocenters. The van der Waals surface area contributed by atoms with E-state index in [4.69, 9.17) is 9.47 Å². The van der Waals surface area contributed by atoms with Crippen LogP contribution in [-0.2, 0) is 11.2 Å². The molecule has 0 aliphatic heterocycles. The topological polar surface area (TPSA) is 35.5 Å². The Morgan fingerprint density at radius 2 is 1.85 bits per heavy atom. The van der Waals surface area contributed by atoms with Crippen molar-refractivity contribution in [3.05, 3.63) is 23.8 Å². The molecule has 0 aromatic heterocycles. The monoisotopic (exact) mass is 278 g/mol. The average molecular weight is 278 g/mol. The van der Waals surface area contributed by atoms with Crippen molar-refractivity contribution < 1.29 is 14.3 Å². The highest BCUT2D eigenvalue weighted by atomic mass is 16.6. The van der Waals surface area contributed by atoms with Crippen LogP contribution in [0.3, 0.4) is 0 Å². The van der Waals surface area contributed by atoms with Crippen molar-refractivity contribution >= 4 is 5.97 Å². The minimum atomic E-state index is -0.178. The Morgan fingerprint density at radius 3 is 2.50 bits per heavy atom. The second kappa shape index (κ2) is 9.40. The molecular weight excluding hydrogens is 252 g/mol. The molecule has 3 nitrogen and oxygen atoms in total. The quantitative estimate of drug-likeness (QED) is 0.378. The van der Waals surface area contributed by atoms with Crippen LogP contribution in [0.15, 0.2) is 18.2 Å². The summed E-state index contributed by atoms with van der Waals surface area (Å²) < 4.78 is 10.7. The van der Waals surface area contributed by atoms with E-state index < -0.39 is 0 Å². The minimum Gasteiger partial charge on any atom is -0.493 e. The summed E-state index contributed by atoms with van der Waals surface area (Å²) in [6.45, 7) is 4.29. The van der Waals surface area contributed by atoms with E-state index in [1.54, 1.807) is 7.11 Å². The molecule has 0 saturated heterocycles. The molecule has 0 bridgehead atoms. The number of unbranched alkanes of at least 4 members (excludes halogenated alkanes) is 3. The van der Waals surface area contributed by atoms with Gasteiger partial charge in [0.05, 0.1) is 7.11 Å². The van der Waals surface area contributed by atoms with Crippen molar-refractivity contribution in [2.75, 3.05) is 7.11 Å². The largest absolute Gasteiger partial charge is 0.493 e. The Balaban J connectivity index is 2.55. The third-order valence-electron chi connectivity index (χ3n) is 3.22. The van der Waals surface area contributed by atoms with Gasteiger partial charge in [0.1, 0.15) is 0 Å². The molecule has 0 aliphatic rings. The zero-order valence-electron chi connectivity index (χ0n) is 12.9. The van der Waals surface area contributed by atoms with E-state index in [0.717, 1.165) is 25.7 Å². The van der Waals surface area contributed by atoms with E-state index in [-0.39, 0.29) is 5.97 Å². The molecule has 0 spiro atoms. The second-order valence-electron chi connectivity index (χ2n) is 5.02. The average Bonchev–Trinajstić information content (AvgIpc) is 2.45. The van der Waals surface area contributed by atoms with Gasteiger partial charge >= 0.3 is 5.97 Å². The van der Waals surface area contributed by atoms with Crippen LogP contribution in [0.1, 0.15) is 57.9 Å². The summed E-state index contributed by atoms with van der Waals surface area (Å²) in [7, 11) is 1.60. The zero-order chi connectivity index (χ0) is 14.8. The predicted molar refractivity (Wildman–Crippen MR) is 81.4 cm³/mol. The smallest absolute Gasteiger partial charge is 0.311 e. The van der Waals surface area contributed by atoms with Gasteiger partial charge in [-0.05, 0) is 30.5 Å². The molecule has 0 radical (unpaired) electrons. The number of rotatable bonds is 9. The van der Waals surface area contributed by atoms with E-state index in [2.05, 4.69) is 13.8 Å². The van der Waals surface area contributed by atoms with E-state index in [0.29, 0.717) is 17.9 Å². The highest BCUT2D eigenvalue weighted by Crippen LogP contribution is 2.29. The lowest BCUT2D eigenvalue weighted by Gasteiger charge is -2.10. The molecule has 1 aromatic rings. The number of methoxy groups -OCH3 is 1. The van der Waals surface area contributed by atoms with E-state index in [1.165, 1.54) is 18.4 Å². The fourth-order valence-electron chi connectivity index (χ4n) is 2.11. The van der Waals surface area contributed by atoms with Crippen LogP contribution in [0.25, 0.3) is 0 Å². The van der Waals surface area contributed by atoms with Crippen LogP contribution in [0.4, 0.5) is 0 Å². The van der Waals surface area contributed by atoms with Crippen LogP contribution in [-0.4, -0.2) is 13.1 Å². The number of esters is 1. The first-order valence-corrected chi connectivity index (χ1v) is 7.58. The maximum atomic E-state index is 11.8. The molecule has 0 saturated carbocycles. The lowest BCUT2D eigenvalue weighted by atomic mass is 10.1. The molecule has 0 fully saturated rings. The van der Waals surface area contributed by atoms with E-state index in [1.807, 2.05) is 18.2 Å². The van der Waals surface area contributed by atoms with Gasteiger partial charge in [-0.25, -0.2) is 0 Å². The first kappa shape index (κ1) is 16.5. The fourth-order valence-corrected chi connectivity index (χ4v) is 2.11. The zero-order valence-corrected chi connectivity index (χ0v) is 12.9. The number of hydrogen-bond acceptors (Lipinski definition) is 3. The SMILES string of the molecule is CCCCCCC(=O)Oc1ccc(CCC)cc1OC. The summed E-state index contributed by atoms with van der Waals surface area (Å²) in [6, 6.07) is 5.77. The molecule has 20 heavy (non-hydrogen) atoms. The maximum absolute atomic E-state index is 11.8. The fraction of sp³-hybridized carbons (Fsp3) is 0.588. The summed E-state index contributed by atoms with van der Waals surface area (Å²) >= 11 is 0. The van der Waals surface area contributed by atoms with Gasteiger partial charge in [-0.2, -0.15) is 0 Å². The van der Waals surface area contributed by atoms with Crippen molar-refractivity contribution in [3.8, 4) is 11.5 Å². The van der Waals surface area contributed by atoms with Crippen LogP contribution in [0, 0.1) is 0 Å². The van der Waals surface area contributed by atoms with Crippen molar-refractivity contribution in [3.63, 3.8) is 0 Å². The number of carbonyl (C=O) groups excluding carboxylic acids is 1. The number of hydrogen-bond donors (Lipinski definition) is 0. The highest BCUT2D eigenvalue weighted by molar-refractivity contribution is 5.73. The van der Waals surface area contributed by atoms with Gasteiger partial charge in [-0.1, -0.05) is 45.6 Å². The predicted octanol–water partition coefficient (Wildman–Crippen LogP) is 4.52. The maximum Gasteiger partial charge on any atom is 0.311 e. The van der Waals surface area contributed by atoms with Crippen LogP contribution >= 0.6 is 0 Å². The van der Waals surface area contributed by atoms with Gasteiger partial charge in [0.2, 0.25) is 0 Å². The summed E-state index contributed by atoms with van der Waals surface area (Å²) in [5.41, 5.74) is 1.20. The number of aryl methyl sites for hydroxylation is 1. The second-order valence-corrected chi connectivity index (χ2v) is 5.02. The first-order chi connectivity index (χ1) is 9.71. The molecule has 0 aliphatic carbocycles. The van der Waals surface area contributed by atoms with Crippen molar-refractivity contribution in [2.24, 2.45) is 0 Å². The van der Waals surface area contributed by atoms with Gasteiger partial charge in [-0.15, -0.1) is 0 Å². The molecule has 0 atom stereocenters. The van der Waals surface area contributed by atoms with Crippen LogP contribution in [0.5, 0.6) is 11.5 Å². The van der Waals surface area contributed by atoms with Crippen molar-refractivity contribution in [1.29, 1.82) is 0 Å². The molecule has 1 aromatic carbocycles. The van der Waals surface area contributed by atoms with E-state index >= 15 is 0 Å². The first-order valence-electron chi connectivity index (χ1n) is 7.58. The molecule has 0 amide bonds. The Labute approximate surface area is 122 Å². The number of benzene rings is 1. The Hall–Kier alpha value is -1.51. The van der Waals surface area contributed by atoms with Gasteiger partial charge in [0.25, 0.3) is 0 Å². The normalized spacial score (nSPS) is 10.3. The highest BCUT2D eigenvalue weighted by Gasteiger charge is 2.10. The molecule has 112 valence electrons. The van der Waals surface area contributed by atoms with Gasteiger partial charge in [0, 0.05) is 6.42 Å².